The van der Waals surface area contributed by atoms with E-state index in [4.69, 9.17) is 16.0 Å². The van der Waals surface area contributed by atoms with Crippen LogP contribution < -0.4 is 5.32 Å². The molecule has 3 aromatic rings. The van der Waals surface area contributed by atoms with Crippen molar-refractivity contribution >= 4 is 34.9 Å². The Balaban J connectivity index is 1.58. The van der Waals surface area contributed by atoms with Gasteiger partial charge in [0.2, 0.25) is 11.8 Å². The van der Waals surface area contributed by atoms with Crippen molar-refractivity contribution in [1.29, 1.82) is 0 Å². The van der Waals surface area contributed by atoms with Gasteiger partial charge >= 0.3 is 6.01 Å². The van der Waals surface area contributed by atoms with E-state index in [-0.39, 0.29) is 18.3 Å². The standard InChI is InChI=1S/C15H12ClN3O2S/c16-12-7-6-11(22-12)9-13(20)17-15-19-18-14(21-15)8-10-4-2-1-3-5-10/h1-7H,8-9H2,(H,17,19,20). The predicted molar refractivity (Wildman–Crippen MR) is 85.2 cm³/mol. The minimum absolute atomic E-state index is 0.110. The van der Waals surface area contributed by atoms with E-state index in [1.807, 2.05) is 36.4 Å². The first-order valence-corrected chi connectivity index (χ1v) is 7.79. The number of aromatic nitrogens is 2. The van der Waals surface area contributed by atoms with Gasteiger partial charge in [-0.05, 0) is 17.7 Å². The number of hydrogen-bond acceptors (Lipinski definition) is 5. The Hall–Kier alpha value is -2.18. The summed E-state index contributed by atoms with van der Waals surface area (Å²) in [6.07, 6.45) is 0.762. The molecule has 1 aromatic carbocycles. The number of anilines is 1. The first-order chi connectivity index (χ1) is 10.7. The van der Waals surface area contributed by atoms with Crippen LogP contribution in [0.25, 0.3) is 0 Å². The number of halogens is 1. The highest BCUT2D eigenvalue weighted by atomic mass is 35.5. The maximum absolute atomic E-state index is 11.9. The van der Waals surface area contributed by atoms with Crippen LogP contribution in [0.5, 0.6) is 0 Å². The van der Waals surface area contributed by atoms with Gasteiger partial charge in [0, 0.05) is 4.88 Å². The number of benzene rings is 1. The van der Waals surface area contributed by atoms with E-state index in [9.17, 15) is 4.79 Å². The molecule has 2 heterocycles. The molecule has 0 bridgehead atoms. The Morgan fingerprint density at radius 2 is 2.00 bits per heavy atom. The summed E-state index contributed by atoms with van der Waals surface area (Å²) in [7, 11) is 0. The lowest BCUT2D eigenvalue weighted by Crippen LogP contribution is -2.13. The zero-order valence-corrected chi connectivity index (χ0v) is 13.0. The van der Waals surface area contributed by atoms with Crippen molar-refractivity contribution in [3.8, 4) is 0 Å². The molecule has 1 N–H and O–H groups in total. The van der Waals surface area contributed by atoms with Crippen molar-refractivity contribution in [2.75, 3.05) is 5.32 Å². The van der Waals surface area contributed by atoms with Gasteiger partial charge in [-0.25, -0.2) is 0 Å². The maximum Gasteiger partial charge on any atom is 0.322 e. The van der Waals surface area contributed by atoms with E-state index in [1.165, 1.54) is 11.3 Å². The third-order valence-electron chi connectivity index (χ3n) is 2.88. The molecule has 0 aliphatic carbocycles. The van der Waals surface area contributed by atoms with Gasteiger partial charge in [-0.15, -0.1) is 16.4 Å². The average molecular weight is 334 g/mol. The van der Waals surface area contributed by atoms with E-state index in [0.717, 1.165) is 10.4 Å². The van der Waals surface area contributed by atoms with Gasteiger partial charge in [-0.3, -0.25) is 10.1 Å². The molecule has 3 rings (SSSR count). The quantitative estimate of drug-likeness (QED) is 0.775. The van der Waals surface area contributed by atoms with Crippen molar-refractivity contribution in [3.05, 3.63) is 63.1 Å². The zero-order valence-electron chi connectivity index (χ0n) is 11.5. The predicted octanol–water partition coefficient (Wildman–Crippen LogP) is 3.56. The van der Waals surface area contributed by atoms with E-state index in [1.54, 1.807) is 6.07 Å². The van der Waals surface area contributed by atoms with E-state index < -0.39 is 0 Å². The van der Waals surface area contributed by atoms with Gasteiger partial charge in [-0.2, -0.15) is 0 Å². The molecule has 0 aliphatic heterocycles. The number of carbonyl (C=O) groups excluding carboxylic acids is 1. The summed E-state index contributed by atoms with van der Waals surface area (Å²) >= 11 is 7.20. The molecule has 112 valence electrons. The maximum atomic E-state index is 11.9. The molecule has 2 aromatic heterocycles. The smallest absolute Gasteiger partial charge is 0.322 e. The summed E-state index contributed by atoms with van der Waals surface area (Å²) in [5.74, 6) is 0.245. The van der Waals surface area contributed by atoms with Gasteiger partial charge in [0.25, 0.3) is 0 Å². The highest BCUT2D eigenvalue weighted by Crippen LogP contribution is 2.22. The molecule has 0 saturated carbocycles. The second-order valence-electron chi connectivity index (χ2n) is 4.59. The van der Waals surface area contributed by atoms with Crippen molar-refractivity contribution < 1.29 is 9.21 Å². The fraction of sp³-hybridized carbons (Fsp3) is 0.133. The molecule has 0 fully saturated rings. The van der Waals surface area contributed by atoms with Crippen LogP contribution in [0.3, 0.4) is 0 Å². The van der Waals surface area contributed by atoms with Crippen LogP contribution in [0.4, 0.5) is 6.01 Å². The lowest BCUT2D eigenvalue weighted by molar-refractivity contribution is -0.115. The summed E-state index contributed by atoms with van der Waals surface area (Å²) in [6.45, 7) is 0. The number of nitrogens with one attached hydrogen (secondary N) is 1. The van der Waals surface area contributed by atoms with Gasteiger partial charge in [0.1, 0.15) is 0 Å². The Labute approximate surface area is 135 Å². The number of amides is 1. The van der Waals surface area contributed by atoms with Crippen molar-refractivity contribution in [1.82, 2.24) is 10.2 Å². The Kier molecular flexibility index (Phi) is 4.50. The minimum atomic E-state index is -0.214. The molecule has 0 saturated heterocycles. The Bertz CT molecular complexity index is 770. The Morgan fingerprint density at radius 1 is 1.18 bits per heavy atom. The molecule has 0 radical (unpaired) electrons. The van der Waals surface area contributed by atoms with Crippen molar-refractivity contribution in [2.45, 2.75) is 12.8 Å². The summed E-state index contributed by atoms with van der Waals surface area (Å²) in [5, 5.41) is 10.3. The fourth-order valence-corrected chi connectivity index (χ4v) is 3.00. The highest BCUT2D eigenvalue weighted by molar-refractivity contribution is 7.16. The second-order valence-corrected chi connectivity index (χ2v) is 6.39. The normalized spacial score (nSPS) is 10.6. The summed E-state index contributed by atoms with van der Waals surface area (Å²) in [4.78, 5) is 12.8. The lowest BCUT2D eigenvalue weighted by Gasteiger charge is -1.98. The Morgan fingerprint density at radius 3 is 2.73 bits per heavy atom. The molecule has 0 unspecified atom stereocenters. The number of carbonyl (C=O) groups is 1. The van der Waals surface area contributed by atoms with Crippen LogP contribution in [0, 0.1) is 0 Å². The van der Waals surface area contributed by atoms with Crippen LogP contribution in [0.2, 0.25) is 4.34 Å². The summed E-state index contributed by atoms with van der Waals surface area (Å²) < 4.78 is 6.08. The number of nitrogens with zero attached hydrogens (tertiary/aromatic N) is 2. The molecule has 5 nitrogen and oxygen atoms in total. The molecular weight excluding hydrogens is 322 g/mol. The lowest BCUT2D eigenvalue weighted by atomic mass is 10.2. The number of thiophene rings is 1. The molecule has 22 heavy (non-hydrogen) atoms. The molecule has 0 atom stereocenters. The van der Waals surface area contributed by atoms with Crippen LogP contribution in [0.1, 0.15) is 16.3 Å². The summed E-state index contributed by atoms with van der Waals surface area (Å²) in [5.41, 5.74) is 1.07. The summed E-state index contributed by atoms with van der Waals surface area (Å²) in [6, 6.07) is 13.5. The second kappa shape index (κ2) is 6.72. The van der Waals surface area contributed by atoms with Crippen LogP contribution in [-0.4, -0.2) is 16.1 Å². The van der Waals surface area contributed by atoms with Crippen LogP contribution in [-0.2, 0) is 17.6 Å². The number of hydrogen-bond donors (Lipinski definition) is 1. The minimum Gasteiger partial charge on any atom is -0.407 e. The third kappa shape index (κ3) is 3.93. The fourth-order valence-electron chi connectivity index (χ4n) is 1.91. The monoisotopic (exact) mass is 333 g/mol. The van der Waals surface area contributed by atoms with E-state index >= 15 is 0 Å². The molecule has 0 aliphatic rings. The molecule has 0 spiro atoms. The zero-order chi connectivity index (χ0) is 15.4. The first-order valence-electron chi connectivity index (χ1n) is 6.59. The molecule has 1 amide bonds. The van der Waals surface area contributed by atoms with E-state index in [2.05, 4.69) is 15.5 Å². The van der Waals surface area contributed by atoms with E-state index in [0.29, 0.717) is 16.6 Å². The van der Waals surface area contributed by atoms with Gasteiger partial charge in [-0.1, -0.05) is 47.0 Å². The van der Waals surface area contributed by atoms with Gasteiger partial charge in [0.05, 0.1) is 17.2 Å². The van der Waals surface area contributed by atoms with Crippen LogP contribution in [0.15, 0.2) is 46.9 Å². The SMILES string of the molecule is O=C(Cc1ccc(Cl)s1)Nc1nnc(Cc2ccccc2)o1. The van der Waals surface area contributed by atoms with Crippen LogP contribution >= 0.6 is 22.9 Å². The molecule has 7 heteroatoms. The van der Waals surface area contributed by atoms with Crippen molar-refractivity contribution in [3.63, 3.8) is 0 Å². The van der Waals surface area contributed by atoms with Crippen molar-refractivity contribution in [2.24, 2.45) is 0 Å². The topological polar surface area (TPSA) is 68.0 Å². The first kappa shape index (κ1) is 14.7. The third-order valence-corrected chi connectivity index (χ3v) is 4.11. The van der Waals surface area contributed by atoms with Gasteiger partial charge in [0.15, 0.2) is 0 Å². The number of rotatable bonds is 5. The average Bonchev–Trinajstić information content (AvgIpc) is 3.09. The largest absolute Gasteiger partial charge is 0.407 e. The highest BCUT2D eigenvalue weighted by Gasteiger charge is 2.11. The molecular formula is C15H12ClN3O2S. The van der Waals surface area contributed by atoms with Gasteiger partial charge < -0.3 is 4.42 Å².